The zero-order valence-electron chi connectivity index (χ0n) is 22.9. The summed E-state index contributed by atoms with van der Waals surface area (Å²) in [5.41, 5.74) is 3.76. The summed E-state index contributed by atoms with van der Waals surface area (Å²) in [6, 6.07) is 9.02. The maximum atomic E-state index is 12.2. The summed E-state index contributed by atoms with van der Waals surface area (Å²) in [7, 11) is 3.05. The van der Waals surface area contributed by atoms with E-state index in [2.05, 4.69) is 21.9 Å². The Hall–Kier alpha value is -4.34. The van der Waals surface area contributed by atoms with Gasteiger partial charge in [0.1, 0.15) is 22.9 Å². The van der Waals surface area contributed by atoms with Crippen LogP contribution in [0.15, 0.2) is 61.6 Å². The average Bonchev–Trinajstić information content (AvgIpc) is 3.45. The molecule has 2 aromatic carbocycles. The predicted molar refractivity (Wildman–Crippen MR) is 161 cm³/mol. The number of nitrogens with zero attached hydrogens (tertiary/aromatic N) is 4. The number of fused-ring (bicyclic) bond motifs is 3. The van der Waals surface area contributed by atoms with Crippen LogP contribution in [0.1, 0.15) is 19.4 Å². The first-order valence-corrected chi connectivity index (χ1v) is 13.4. The number of methoxy groups -OCH3 is 2. The molecule has 210 valence electrons. The maximum absolute atomic E-state index is 12.2. The fourth-order valence-corrected chi connectivity index (χ4v) is 5.21. The standard InChI is InChI=1S/C30H27Cl2N5O4/c1-6-19(38)11-17-12-20(41-16(2)3)7-8-22(17)35-30-34-15-18-13-21(29-33-9-10-37(29)28(18)36-30)25-26(31)23(39-4)14-24(40-5)27(25)32/h6-10,12-16H,1,11H2,2-5H3,(H,34,35,36). The van der Waals surface area contributed by atoms with Crippen LogP contribution in [0.5, 0.6) is 17.2 Å². The fourth-order valence-electron chi connectivity index (χ4n) is 4.50. The van der Waals surface area contributed by atoms with Gasteiger partial charge in [0.25, 0.3) is 0 Å². The molecule has 11 heteroatoms. The van der Waals surface area contributed by atoms with Crippen LogP contribution in [0.25, 0.3) is 27.8 Å². The van der Waals surface area contributed by atoms with Crippen molar-refractivity contribution in [1.29, 1.82) is 0 Å². The number of benzene rings is 2. The molecule has 0 aliphatic heterocycles. The first-order valence-electron chi connectivity index (χ1n) is 12.7. The lowest BCUT2D eigenvalue weighted by Crippen LogP contribution is -2.08. The Morgan fingerprint density at radius 2 is 1.80 bits per heavy atom. The molecule has 3 aromatic heterocycles. The molecule has 0 fully saturated rings. The Morgan fingerprint density at radius 1 is 1.07 bits per heavy atom. The summed E-state index contributed by atoms with van der Waals surface area (Å²) < 4.78 is 18.6. The summed E-state index contributed by atoms with van der Waals surface area (Å²) in [5.74, 6) is 1.71. The van der Waals surface area contributed by atoms with Gasteiger partial charge in [-0.25, -0.2) is 9.97 Å². The number of anilines is 2. The van der Waals surface area contributed by atoms with Gasteiger partial charge in [-0.15, -0.1) is 0 Å². The number of carbonyl (C=O) groups is 1. The second-order valence-electron chi connectivity index (χ2n) is 9.39. The summed E-state index contributed by atoms with van der Waals surface area (Å²) in [6.45, 7) is 7.48. The number of halogens is 2. The smallest absolute Gasteiger partial charge is 0.229 e. The van der Waals surface area contributed by atoms with Crippen molar-refractivity contribution in [2.45, 2.75) is 26.4 Å². The van der Waals surface area contributed by atoms with Gasteiger partial charge >= 0.3 is 0 Å². The molecule has 0 aliphatic carbocycles. The molecule has 0 spiro atoms. The Bertz CT molecular complexity index is 1770. The molecule has 0 aliphatic rings. The lowest BCUT2D eigenvalue weighted by atomic mass is 10.0. The molecule has 0 saturated carbocycles. The van der Waals surface area contributed by atoms with Gasteiger partial charge in [-0.2, -0.15) is 4.98 Å². The van der Waals surface area contributed by atoms with E-state index in [4.69, 9.17) is 42.4 Å². The highest BCUT2D eigenvalue weighted by atomic mass is 35.5. The van der Waals surface area contributed by atoms with Crippen LogP contribution in [0.3, 0.4) is 0 Å². The van der Waals surface area contributed by atoms with Crippen LogP contribution >= 0.6 is 23.2 Å². The molecule has 0 unspecified atom stereocenters. The van der Waals surface area contributed by atoms with Crippen molar-refractivity contribution in [3.05, 3.63) is 77.2 Å². The van der Waals surface area contributed by atoms with Crippen LogP contribution in [-0.4, -0.2) is 45.5 Å². The van der Waals surface area contributed by atoms with E-state index in [9.17, 15) is 4.79 Å². The number of ether oxygens (including phenoxy) is 3. The number of rotatable bonds is 10. The molecule has 41 heavy (non-hydrogen) atoms. The van der Waals surface area contributed by atoms with Crippen molar-refractivity contribution in [1.82, 2.24) is 19.4 Å². The molecule has 0 radical (unpaired) electrons. The number of aromatic nitrogens is 4. The lowest BCUT2D eigenvalue weighted by Gasteiger charge is -2.17. The second kappa shape index (κ2) is 11.6. The van der Waals surface area contributed by atoms with Crippen LogP contribution in [0, 0.1) is 0 Å². The molecule has 5 rings (SSSR count). The van der Waals surface area contributed by atoms with E-state index in [0.717, 1.165) is 5.56 Å². The van der Waals surface area contributed by atoms with E-state index in [1.54, 1.807) is 24.7 Å². The molecule has 1 N–H and O–H groups in total. The highest BCUT2D eigenvalue weighted by Gasteiger charge is 2.22. The third-order valence-electron chi connectivity index (χ3n) is 6.34. The minimum absolute atomic E-state index is 0.00844. The Labute approximate surface area is 246 Å². The highest BCUT2D eigenvalue weighted by Crippen LogP contribution is 2.47. The van der Waals surface area contributed by atoms with Crippen LogP contribution in [-0.2, 0) is 11.2 Å². The number of hydrogen-bond donors (Lipinski definition) is 1. The SMILES string of the molecule is C=CC(=O)Cc1cc(OC(C)C)ccc1Nc1ncc2cc(-c3c(Cl)c(OC)cc(OC)c3Cl)c3nccn3c2n1. The normalized spacial score (nSPS) is 11.2. The number of imidazole rings is 1. The van der Waals surface area contributed by atoms with Crippen molar-refractivity contribution in [2.24, 2.45) is 0 Å². The van der Waals surface area contributed by atoms with Gasteiger partial charge < -0.3 is 19.5 Å². The first kappa shape index (κ1) is 28.2. The third-order valence-corrected chi connectivity index (χ3v) is 7.09. The van der Waals surface area contributed by atoms with E-state index in [1.165, 1.54) is 20.3 Å². The molecule has 0 atom stereocenters. The van der Waals surface area contributed by atoms with Crippen LogP contribution < -0.4 is 19.5 Å². The van der Waals surface area contributed by atoms with Crippen molar-refractivity contribution in [2.75, 3.05) is 19.5 Å². The average molecular weight is 592 g/mol. The summed E-state index contributed by atoms with van der Waals surface area (Å²) >= 11 is 13.5. The van der Waals surface area contributed by atoms with E-state index >= 15 is 0 Å². The molecular formula is C30H27Cl2N5O4. The molecule has 5 aromatic rings. The number of hydrogen-bond acceptors (Lipinski definition) is 8. The monoisotopic (exact) mass is 591 g/mol. The Balaban J connectivity index is 1.61. The van der Waals surface area contributed by atoms with Crippen molar-refractivity contribution in [3.63, 3.8) is 0 Å². The van der Waals surface area contributed by atoms with Crippen molar-refractivity contribution in [3.8, 4) is 28.4 Å². The Morgan fingerprint density at radius 3 is 2.46 bits per heavy atom. The van der Waals surface area contributed by atoms with Gasteiger partial charge in [-0.05, 0) is 49.8 Å². The van der Waals surface area contributed by atoms with Gasteiger partial charge in [-0.1, -0.05) is 29.8 Å². The number of pyridine rings is 1. The summed E-state index contributed by atoms with van der Waals surface area (Å²) in [6.07, 6.45) is 6.59. The molecule has 0 amide bonds. The number of nitrogens with one attached hydrogen (secondary N) is 1. The van der Waals surface area contributed by atoms with E-state index in [-0.39, 0.29) is 18.3 Å². The topological polar surface area (TPSA) is 99.9 Å². The number of carbonyl (C=O) groups excluding carboxylic acids is 1. The van der Waals surface area contributed by atoms with Gasteiger partial charge in [0.2, 0.25) is 5.95 Å². The van der Waals surface area contributed by atoms with Crippen LogP contribution in [0.2, 0.25) is 10.0 Å². The number of ketones is 1. The second-order valence-corrected chi connectivity index (χ2v) is 10.1. The van der Waals surface area contributed by atoms with Gasteiger partial charge in [0.15, 0.2) is 11.4 Å². The zero-order chi connectivity index (χ0) is 29.3. The molecular weight excluding hydrogens is 565 g/mol. The maximum Gasteiger partial charge on any atom is 0.229 e. The molecule has 9 nitrogen and oxygen atoms in total. The largest absolute Gasteiger partial charge is 0.495 e. The van der Waals surface area contributed by atoms with Crippen LogP contribution in [0.4, 0.5) is 11.6 Å². The minimum Gasteiger partial charge on any atom is -0.495 e. The van der Waals surface area contributed by atoms with E-state index in [0.29, 0.717) is 66.7 Å². The fraction of sp³-hybridized carbons (Fsp3) is 0.200. The number of allylic oxidation sites excluding steroid dienone is 1. The first-order chi connectivity index (χ1) is 19.7. The van der Waals surface area contributed by atoms with Crippen molar-refractivity contribution >= 4 is 57.3 Å². The van der Waals surface area contributed by atoms with Gasteiger partial charge in [-0.3, -0.25) is 9.20 Å². The lowest BCUT2D eigenvalue weighted by molar-refractivity contribution is -0.114. The highest BCUT2D eigenvalue weighted by molar-refractivity contribution is 6.41. The zero-order valence-corrected chi connectivity index (χ0v) is 24.4. The van der Waals surface area contributed by atoms with Gasteiger partial charge in [0, 0.05) is 53.3 Å². The van der Waals surface area contributed by atoms with Gasteiger partial charge in [0.05, 0.1) is 30.4 Å². The predicted octanol–water partition coefficient (Wildman–Crippen LogP) is 7.10. The molecule has 0 saturated heterocycles. The molecule has 0 bridgehead atoms. The minimum atomic E-state index is -0.117. The molecule has 3 heterocycles. The van der Waals surface area contributed by atoms with Crippen molar-refractivity contribution < 1.29 is 19.0 Å². The summed E-state index contributed by atoms with van der Waals surface area (Å²) in [5, 5.41) is 4.62. The Kier molecular flexibility index (Phi) is 8.01. The third kappa shape index (κ3) is 5.51. The quantitative estimate of drug-likeness (QED) is 0.172. The van der Waals surface area contributed by atoms with E-state index < -0.39 is 0 Å². The summed E-state index contributed by atoms with van der Waals surface area (Å²) in [4.78, 5) is 26.1. The van der Waals surface area contributed by atoms with E-state index in [1.807, 2.05) is 42.5 Å².